The minimum atomic E-state index is -3.78. The quantitative estimate of drug-likeness (QED) is 0.466. The molecule has 0 unspecified atom stereocenters. The molecule has 2 rings (SSSR count). The standard InChI is InChI=1S/C10H14I2N4O3S/c11-5-9(17)15-3-1-7(2-4-15)16-6-8(12)10(14-16)20(13,18)19/h6-7H,1-5H2,(H2,13,18,19). The van der Waals surface area contributed by atoms with E-state index in [0.717, 1.165) is 12.8 Å². The van der Waals surface area contributed by atoms with E-state index in [9.17, 15) is 13.2 Å². The number of likely N-dealkylation sites (tertiary alicyclic amines) is 1. The molecule has 1 saturated heterocycles. The highest BCUT2D eigenvalue weighted by Crippen LogP contribution is 2.25. The Morgan fingerprint density at radius 2 is 2.05 bits per heavy atom. The van der Waals surface area contributed by atoms with Gasteiger partial charge in [0.1, 0.15) is 0 Å². The van der Waals surface area contributed by atoms with Crippen molar-refractivity contribution in [3.05, 3.63) is 9.77 Å². The number of primary sulfonamides is 1. The maximum absolute atomic E-state index is 11.6. The van der Waals surface area contributed by atoms with Crippen molar-refractivity contribution in [3.8, 4) is 0 Å². The Morgan fingerprint density at radius 1 is 1.45 bits per heavy atom. The van der Waals surface area contributed by atoms with E-state index < -0.39 is 10.0 Å². The SMILES string of the molecule is NS(=O)(=O)c1nn(C2CCN(C(=O)CI)CC2)cc1I. The molecule has 1 aliphatic rings. The molecule has 10 heteroatoms. The molecule has 2 N–H and O–H groups in total. The number of carbonyl (C=O) groups excluding carboxylic acids is 1. The fraction of sp³-hybridized carbons (Fsp3) is 0.600. The molecule has 112 valence electrons. The summed E-state index contributed by atoms with van der Waals surface area (Å²) < 4.78 is 25.4. The predicted octanol–water partition coefficient (Wildman–Crippen LogP) is 0.734. The monoisotopic (exact) mass is 524 g/mol. The van der Waals surface area contributed by atoms with Crippen LogP contribution in [0.15, 0.2) is 11.2 Å². The molecular formula is C10H14I2N4O3S. The Kier molecular flexibility index (Phi) is 5.29. The Hall–Kier alpha value is 0.0500. The first kappa shape index (κ1) is 16.4. The molecule has 0 radical (unpaired) electrons. The van der Waals surface area contributed by atoms with Gasteiger partial charge in [0.15, 0.2) is 0 Å². The molecule has 20 heavy (non-hydrogen) atoms. The van der Waals surface area contributed by atoms with E-state index >= 15 is 0 Å². The lowest BCUT2D eigenvalue weighted by molar-refractivity contribution is -0.129. The second-order valence-electron chi connectivity index (χ2n) is 4.55. The average molecular weight is 524 g/mol. The third-order valence-corrected chi connectivity index (χ3v) is 5.88. The van der Waals surface area contributed by atoms with E-state index in [1.165, 1.54) is 0 Å². The molecule has 2 heterocycles. The molecule has 0 atom stereocenters. The minimum absolute atomic E-state index is 0.0798. The lowest BCUT2D eigenvalue weighted by Crippen LogP contribution is -2.39. The summed E-state index contributed by atoms with van der Waals surface area (Å²) in [5, 5.41) is 9.12. The van der Waals surface area contributed by atoms with Crippen molar-refractivity contribution in [3.63, 3.8) is 0 Å². The van der Waals surface area contributed by atoms with Crippen molar-refractivity contribution in [2.45, 2.75) is 23.9 Å². The predicted molar refractivity (Wildman–Crippen MR) is 90.1 cm³/mol. The molecule has 0 bridgehead atoms. The third kappa shape index (κ3) is 3.62. The molecule has 7 nitrogen and oxygen atoms in total. The van der Waals surface area contributed by atoms with Crippen LogP contribution in [0.2, 0.25) is 0 Å². The minimum Gasteiger partial charge on any atom is -0.342 e. The van der Waals surface area contributed by atoms with Crippen LogP contribution < -0.4 is 5.14 Å². The van der Waals surface area contributed by atoms with E-state index in [1.807, 2.05) is 27.5 Å². The van der Waals surface area contributed by atoms with Crippen molar-refractivity contribution in [1.82, 2.24) is 14.7 Å². The number of piperidine rings is 1. The summed E-state index contributed by atoms with van der Waals surface area (Å²) in [5.41, 5.74) is 0. The van der Waals surface area contributed by atoms with Crippen LogP contribution in [0.5, 0.6) is 0 Å². The maximum atomic E-state index is 11.6. The number of rotatable bonds is 3. The third-order valence-electron chi connectivity index (χ3n) is 3.23. The zero-order valence-electron chi connectivity index (χ0n) is 10.5. The number of aromatic nitrogens is 2. The number of carbonyl (C=O) groups is 1. The van der Waals surface area contributed by atoms with E-state index in [2.05, 4.69) is 27.7 Å². The number of sulfonamides is 1. The largest absolute Gasteiger partial charge is 0.342 e. The molecule has 1 fully saturated rings. The average Bonchev–Trinajstić information content (AvgIpc) is 2.80. The van der Waals surface area contributed by atoms with Gasteiger partial charge in [-0.25, -0.2) is 13.6 Å². The highest BCUT2D eigenvalue weighted by atomic mass is 127. The summed E-state index contributed by atoms with van der Waals surface area (Å²) >= 11 is 3.97. The summed E-state index contributed by atoms with van der Waals surface area (Å²) in [6.07, 6.45) is 3.23. The van der Waals surface area contributed by atoms with E-state index in [0.29, 0.717) is 21.1 Å². The summed E-state index contributed by atoms with van der Waals surface area (Å²) in [7, 11) is -3.78. The Bertz CT molecular complexity index is 608. The molecule has 1 aromatic rings. The summed E-state index contributed by atoms with van der Waals surface area (Å²) in [6.45, 7) is 1.35. The van der Waals surface area contributed by atoms with Crippen molar-refractivity contribution >= 4 is 61.1 Å². The number of nitrogens with two attached hydrogens (primary N) is 1. The van der Waals surface area contributed by atoms with Gasteiger partial charge in [-0.15, -0.1) is 0 Å². The van der Waals surface area contributed by atoms with Crippen LogP contribution in [-0.2, 0) is 14.8 Å². The Balaban J connectivity index is 2.10. The Morgan fingerprint density at radius 3 is 2.50 bits per heavy atom. The van der Waals surface area contributed by atoms with Gasteiger partial charge in [-0.05, 0) is 35.4 Å². The molecular weight excluding hydrogens is 510 g/mol. The first-order valence-electron chi connectivity index (χ1n) is 5.94. The van der Waals surface area contributed by atoms with E-state index in [1.54, 1.807) is 10.9 Å². The molecule has 1 aromatic heterocycles. The van der Waals surface area contributed by atoms with Crippen molar-refractivity contribution in [2.24, 2.45) is 5.14 Å². The van der Waals surface area contributed by atoms with Crippen LogP contribution in [0.3, 0.4) is 0 Å². The van der Waals surface area contributed by atoms with Crippen molar-refractivity contribution < 1.29 is 13.2 Å². The topological polar surface area (TPSA) is 98.3 Å². The van der Waals surface area contributed by atoms with Crippen molar-refractivity contribution in [2.75, 3.05) is 17.5 Å². The van der Waals surface area contributed by atoms with Gasteiger partial charge in [0.2, 0.25) is 10.9 Å². The second-order valence-corrected chi connectivity index (χ2v) is 7.95. The number of alkyl halides is 1. The molecule has 0 aromatic carbocycles. The molecule has 0 aliphatic carbocycles. The summed E-state index contributed by atoms with van der Waals surface area (Å²) in [6, 6.07) is 0.109. The number of hydrogen-bond donors (Lipinski definition) is 1. The highest BCUT2D eigenvalue weighted by molar-refractivity contribution is 14.1. The normalized spacial score (nSPS) is 17.4. The Labute approximate surface area is 144 Å². The summed E-state index contributed by atoms with van der Waals surface area (Å²) in [5.74, 6) is 0.143. The smallest absolute Gasteiger partial charge is 0.258 e. The van der Waals surface area contributed by atoms with E-state index in [-0.39, 0.29) is 17.0 Å². The van der Waals surface area contributed by atoms with Crippen molar-refractivity contribution in [1.29, 1.82) is 0 Å². The zero-order valence-corrected chi connectivity index (χ0v) is 15.6. The number of hydrogen-bond acceptors (Lipinski definition) is 4. The van der Waals surface area contributed by atoms with Gasteiger partial charge in [-0.2, -0.15) is 5.10 Å². The molecule has 1 amide bonds. The summed E-state index contributed by atoms with van der Waals surface area (Å²) in [4.78, 5) is 13.4. The number of nitrogens with zero attached hydrogens (tertiary/aromatic N) is 3. The first-order chi connectivity index (χ1) is 9.32. The van der Waals surface area contributed by atoms with Gasteiger partial charge in [-0.1, -0.05) is 22.6 Å². The van der Waals surface area contributed by atoms with Crippen LogP contribution >= 0.6 is 45.2 Å². The fourth-order valence-corrected chi connectivity index (χ4v) is 4.53. The van der Waals surface area contributed by atoms with Gasteiger partial charge in [0, 0.05) is 19.3 Å². The van der Waals surface area contributed by atoms with E-state index in [4.69, 9.17) is 5.14 Å². The van der Waals surface area contributed by atoms with Gasteiger partial charge in [0.05, 0.1) is 14.0 Å². The van der Waals surface area contributed by atoms with Gasteiger partial charge in [-0.3, -0.25) is 9.48 Å². The van der Waals surface area contributed by atoms with Gasteiger partial charge >= 0.3 is 0 Å². The van der Waals surface area contributed by atoms with Crippen LogP contribution in [-0.4, -0.2) is 46.5 Å². The number of halogens is 2. The first-order valence-corrected chi connectivity index (χ1v) is 10.1. The maximum Gasteiger partial charge on any atom is 0.258 e. The highest BCUT2D eigenvalue weighted by Gasteiger charge is 2.26. The van der Waals surface area contributed by atoms with Crippen LogP contribution in [0, 0.1) is 3.57 Å². The van der Waals surface area contributed by atoms with Gasteiger partial charge < -0.3 is 4.90 Å². The molecule has 0 spiro atoms. The van der Waals surface area contributed by atoms with Crippen LogP contribution in [0.1, 0.15) is 18.9 Å². The fourth-order valence-electron chi connectivity index (χ4n) is 2.20. The lowest BCUT2D eigenvalue weighted by atomic mass is 10.1. The number of amides is 1. The molecule has 1 aliphatic heterocycles. The van der Waals surface area contributed by atoms with Crippen LogP contribution in [0.25, 0.3) is 0 Å². The lowest BCUT2D eigenvalue weighted by Gasteiger charge is -2.31. The van der Waals surface area contributed by atoms with Crippen LogP contribution in [0.4, 0.5) is 0 Å². The zero-order chi connectivity index (χ0) is 14.9. The van der Waals surface area contributed by atoms with Gasteiger partial charge in [0.25, 0.3) is 10.0 Å². The molecule has 0 saturated carbocycles. The second kappa shape index (κ2) is 6.44.